The van der Waals surface area contributed by atoms with Crippen LogP contribution in [0.2, 0.25) is 0 Å². The Morgan fingerprint density at radius 2 is 2.27 bits per heavy atom. The summed E-state index contributed by atoms with van der Waals surface area (Å²) in [6, 6.07) is 0. The molecule has 0 aliphatic rings. The average Bonchev–Trinajstić information content (AvgIpc) is 1.99. The summed E-state index contributed by atoms with van der Waals surface area (Å²) < 4.78 is 5.26. The van der Waals surface area contributed by atoms with Crippen molar-refractivity contribution in [2.45, 2.75) is 33.1 Å². The molecule has 0 aliphatic heterocycles. The van der Waals surface area contributed by atoms with Gasteiger partial charge < -0.3 is 9.53 Å². The van der Waals surface area contributed by atoms with Gasteiger partial charge in [-0.1, -0.05) is 20.3 Å². The Labute approximate surface area is 68.9 Å². The Morgan fingerprint density at radius 3 is 2.82 bits per heavy atom. The molecule has 2 heteroatoms. The molecule has 0 saturated carbocycles. The molecule has 0 saturated heterocycles. The van der Waals surface area contributed by atoms with E-state index in [0.717, 1.165) is 12.9 Å². The Bertz CT molecular complexity index is 91.6. The van der Waals surface area contributed by atoms with Crippen LogP contribution in [-0.2, 0) is 9.53 Å². The molecule has 66 valence electrons. The van der Waals surface area contributed by atoms with E-state index in [9.17, 15) is 4.79 Å². The minimum Gasteiger partial charge on any atom is -0.381 e. The van der Waals surface area contributed by atoms with Crippen LogP contribution in [0.4, 0.5) is 0 Å². The second kappa shape index (κ2) is 7.73. The van der Waals surface area contributed by atoms with E-state index in [4.69, 9.17) is 4.74 Å². The van der Waals surface area contributed by atoms with E-state index < -0.39 is 0 Å². The summed E-state index contributed by atoms with van der Waals surface area (Å²) in [7, 11) is 0. The van der Waals surface area contributed by atoms with Gasteiger partial charge in [0.25, 0.3) is 0 Å². The third-order valence-corrected chi connectivity index (χ3v) is 1.56. The van der Waals surface area contributed by atoms with Gasteiger partial charge in [0.2, 0.25) is 0 Å². The van der Waals surface area contributed by atoms with Crippen molar-refractivity contribution in [1.29, 1.82) is 0 Å². The lowest BCUT2D eigenvalue weighted by Gasteiger charge is -2.08. The largest absolute Gasteiger partial charge is 0.381 e. The topological polar surface area (TPSA) is 26.3 Å². The molecular formula is C9H18O2. The van der Waals surface area contributed by atoms with Gasteiger partial charge in [-0.3, -0.25) is 0 Å². The highest BCUT2D eigenvalue weighted by atomic mass is 16.5. The molecule has 0 N–H and O–H groups in total. The number of rotatable bonds is 7. The summed E-state index contributed by atoms with van der Waals surface area (Å²) in [4.78, 5) is 9.90. The van der Waals surface area contributed by atoms with Crippen LogP contribution in [0.25, 0.3) is 0 Å². The van der Waals surface area contributed by atoms with Crippen molar-refractivity contribution in [1.82, 2.24) is 0 Å². The SMILES string of the molecule is CCCC(C)COCCC=O. The molecule has 0 bridgehead atoms. The lowest BCUT2D eigenvalue weighted by atomic mass is 10.1. The van der Waals surface area contributed by atoms with E-state index in [-0.39, 0.29) is 0 Å². The van der Waals surface area contributed by atoms with Crippen LogP contribution in [0.3, 0.4) is 0 Å². The molecule has 0 aromatic rings. The highest BCUT2D eigenvalue weighted by molar-refractivity contribution is 5.49. The molecule has 0 amide bonds. The summed E-state index contributed by atoms with van der Waals surface area (Å²) in [5.41, 5.74) is 0. The monoisotopic (exact) mass is 158 g/mol. The predicted molar refractivity (Wildman–Crippen MR) is 45.6 cm³/mol. The molecule has 0 aliphatic carbocycles. The molecule has 0 aromatic carbocycles. The van der Waals surface area contributed by atoms with E-state index in [1.165, 1.54) is 12.8 Å². The smallest absolute Gasteiger partial charge is 0.122 e. The van der Waals surface area contributed by atoms with Crippen LogP contribution in [0.15, 0.2) is 0 Å². The van der Waals surface area contributed by atoms with Crippen LogP contribution >= 0.6 is 0 Å². The predicted octanol–water partition coefficient (Wildman–Crippen LogP) is 2.03. The normalized spacial score (nSPS) is 12.9. The van der Waals surface area contributed by atoms with Gasteiger partial charge in [0.05, 0.1) is 6.61 Å². The fraction of sp³-hybridized carbons (Fsp3) is 0.889. The summed E-state index contributed by atoms with van der Waals surface area (Å²) in [6.07, 6.45) is 3.84. The highest BCUT2D eigenvalue weighted by Gasteiger charge is 1.99. The lowest BCUT2D eigenvalue weighted by molar-refractivity contribution is -0.108. The highest BCUT2D eigenvalue weighted by Crippen LogP contribution is 2.04. The number of ether oxygens (including phenoxy) is 1. The molecule has 11 heavy (non-hydrogen) atoms. The van der Waals surface area contributed by atoms with Gasteiger partial charge >= 0.3 is 0 Å². The molecular weight excluding hydrogens is 140 g/mol. The number of aldehydes is 1. The van der Waals surface area contributed by atoms with Gasteiger partial charge in [-0.05, 0) is 12.3 Å². The number of carbonyl (C=O) groups is 1. The van der Waals surface area contributed by atoms with Gasteiger partial charge in [-0.2, -0.15) is 0 Å². The quantitative estimate of drug-likeness (QED) is 0.418. The van der Waals surface area contributed by atoms with Crippen molar-refractivity contribution >= 4 is 6.29 Å². The first-order valence-electron chi connectivity index (χ1n) is 4.32. The standard InChI is InChI=1S/C9H18O2/c1-3-5-9(2)8-11-7-4-6-10/h6,9H,3-5,7-8H2,1-2H3. The summed E-state index contributed by atoms with van der Waals surface area (Å²) >= 11 is 0. The molecule has 2 nitrogen and oxygen atoms in total. The maximum atomic E-state index is 9.90. The van der Waals surface area contributed by atoms with Gasteiger partial charge in [-0.25, -0.2) is 0 Å². The molecule has 0 heterocycles. The first-order chi connectivity index (χ1) is 5.31. The number of hydrogen-bond acceptors (Lipinski definition) is 2. The third kappa shape index (κ3) is 7.53. The summed E-state index contributed by atoms with van der Waals surface area (Å²) in [6.45, 7) is 5.71. The number of carbonyl (C=O) groups excluding carboxylic acids is 1. The zero-order valence-corrected chi connectivity index (χ0v) is 7.51. The van der Waals surface area contributed by atoms with E-state index in [2.05, 4.69) is 13.8 Å². The van der Waals surface area contributed by atoms with Gasteiger partial charge in [0, 0.05) is 13.0 Å². The Balaban J connectivity index is 3.03. The number of hydrogen-bond donors (Lipinski definition) is 0. The molecule has 1 atom stereocenters. The Hall–Kier alpha value is -0.370. The zero-order chi connectivity index (χ0) is 8.53. The van der Waals surface area contributed by atoms with Crippen molar-refractivity contribution in [3.8, 4) is 0 Å². The second-order valence-corrected chi connectivity index (χ2v) is 2.92. The van der Waals surface area contributed by atoms with Gasteiger partial charge in [-0.15, -0.1) is 0 Å². The summed E-state index contributed by atoms with van der Waals surface area (Å²) in [5, 5.41) is 0. The van der Waals surface area contributed by atoms with E-state index in [0.29, 0.717) is 18.9 Å². The minimum absolute atomic E-state index is 0.527. The van der Waals surface area contributed by atoms with Crippen molar-refractivity contribution in [3.05, 3.63) is 0 Å². The molecule has 1 unspecified atom stereocenters. The van der Waals surface area contributed by atoms with Crippen LogP contribution in [-0.4, -0.2) is 19.5 Å². The Kier molecular flexibility index (Phi) is 7.47. The van der Waals surface area contributed by atoms with Crippen molar-refractivity contribution in [3.63, 3.8) is 0 Å². The van der Waals surface area contributed by atoms with Gasteiger partial charge in [0.1, 0.15) is 6.29 Å². The zero-order valence-electron chi connectivity index (χ0n) is 7.51. The first kappa shape index (κ1) is 10.6. The van der Waals surface area contributed by atoms with Crippen LogP contribution < -0.4 is 0 Å². The van der Waals surface area contributed by atoms with Crippen molar-refractivity contribution < 1.29 is 9.53 Å². The van der Waals surface area contributed by atoms with Crippen LogP contribution in [0.1, 0.15) is 33.1 Å². The maximum absolute atomic E-state index is 9.90. The van der Waals surface area contributed by atoms with Crippen molar-refractivity contribution in [2.24, 2.45) is 5.92 Å². The molecule has 0 fully saturated rings. The molecule has 0 spiro atoms. The fourth-order valence-electron chi connectivity index (χ4n) is 0.992. The second-order valence-electron chi connectivity index (χ2n) is 2.92. The van der Waals surface area contributed by atoms with Crippen LogP contribution in [0, 0.1) is 5.92 Å². The fourth-order valence-corrected chi connectivity index (χ4v) is 0.992. The van der Waals surface area contributed by atoms with Crippen LogP contribution in [0.5, 0.6) is 0 Å². The lowest BCUT2D eigenvalue weighted by Crippen LogP contribution is -2.06. The van der Waals surface area contributed by atoms with E-state index in [1.54, 1.807) is 0 Å². The maximum Gasteiger partial charge on any atom is 0.122 e. The first-order valence-corrected chi connectivity index (χ1v) is 4.32. The average molecular weight is 158 g/mol. The molecule has 0 radical (unpaired) electrons. The van der Waals surface area contributed by atoms with Crippen molar-refractivity contribution in [2.75, 3.05) is 13.2 Å². The summed E-state index contributed by atoms with van der Waals surface area (Å²) in [5.74, 6) is 0.631. The van der Waals surface area contributed by atoms with E-state index >= 15 is 0 Å². The molecule has 0 aromatic heterocycles. The molecule has 0 rings (SSSR count). The third-order valence-electron chi connectivity index (χ3n) is 1.56. The van der Waals surface area contributed by atoms with Gasteiger partial charge in [0.15, 0.2) is 0 Å². The Morgan fingerprint density at radius 1 is 1.55 bits per heavy atom. The van der Waals surface area contributed by atoms with E-state index in [1.807, 2.05) is 0 Å². The minimum atomic E-state index is 0.527.